The van der Waals surface area contributed by atoms with E-state index >= 15 is 0 Å². The van der Waals surface area contributed by atoms with Crippen molar-refractivity contribution in [2.75, 3.05) is 13.2 Å². The van der Waals surface area contributed by atoms with Crippen LogP contribution in [0.15, 0.2) is 12.1 Å². The minimum atomic E-state index is 0.0593. The van der Waals surface area contributed by atoms with Gasteiger partial charge in [-0.2, -0.15) is 0 Å². The van der Waals surface area contributed by atoms with E-state index in [0.717, 1.165) is 12.8 Å². The maximum atomic E-state index is 6.01. The molecule has 2 unspecified atom stereocenters. The summed E-state index contributed by atoms with van der Waals surface area (Å²) in [6.45, 7) is 0.984. The van der Waals surface area contributed by atoms with E-state index in [1.807, 2.05) is 0 Å². The van der Waals surface area contributed by atoms with Crippen molar-refractivity contribution in [2.45, 2.75) is 25.0 Å². The van der Waals surface area contributed by atoms with Gasteiger partial charge in [0.2, 0.25) is 0 Å². The lowest BCUT2D eigenvalue weighted by Crippen LogP contribution is -2.23. The number of halogens is 3. The molecular weight excluding hydrogens is 296 g/mol. The van der Waals surface area contributed by atoms with Gasteiger partial charge in [-0.25, -0.2) is 0 Å². The molecule has 2 atom stereocenters. The summed E-state index contributed by atoms with van der Waals surface area (Å²) >= 11 is 17.8. The average molecular weight is 311 g/mol. The van der Waals surface area contributed by atoms with Crippen molar-refractivity contribution in [3.63, 3.8) is 0 Å². The van der Waals surface area contributed by atoms with E-state index in [9.17, 15) is 0 Å². The summed E-state index contributed by atoms with van der Waals surface area (Å²) in [7, 11) is 0. The summed E-state index contributed by atoms with van der Waals surface area (Å²) in [5.74, 6) is 0.519. The third-order valence-corrected chi connectivity index (χ3v) is 3.88. The van der Waals surface area contributed by atoms with E-state index in [1.54, 1.807) is 12.1 Å². The summed E-state index contributed by atoms with van der Waals surface area (Å²) in [6.07, 6.45) is 2.12. The van der Waals surface area contributed by atoms with E-state index in [-0.39, 0.29) is 12.2 Å². The minimum absolute atomic E-state index is 0.0593. The molecule has 0 spiro atoms. The molecule has 1 heterocycles. The lowest BCUT2D eigenvalue weighted by molar-refractivity contribution is 0.0222. The lowest BCUT2D eigenvalue weighted by Gasteiger charge is -2.14. The molecule has 2 N–H and O–H groups in total. The summed E-state index contributed by atoms with van der Waals surface area (Å²) < 4.78 is 11.3. The summed E-state index contributed by atoms with van der Waals surface area (Å²) in [4.78, 5) is 0. The Kier molecular flexibility index (Phi) is 4.98. The van der Waals surface area contributed by atoms with Crippen LogP contribution in [-0.2, 0) is 4.74 Å². The molecule has 1 aromatic carbocycles. The number of nitrogens with two attached hydrogens (primary N) is 1. The van der Waals surface area contributed by atoms with Crippen LogP contribution in [0.1, 0.15) is 12.8 Å². The fourth-order valence-electron chi connectivity index (χ4n) is 1.87. The predicted molar refractivity (Wildman–Crippen MR) is 73.9 cm³/mol. The summed E-state index contributed by atoms with van der Waals surface area (Å²) in [5, 5.41) is 1.27. The molecule has 1 fully saturated rings. The Morgan fingerprint density at radius 1 is 1.11 bits per heavy atom. The molecule has 18 heavy (non-hydrogen) atoms. The van der Waals surface area contributed by atoms with Crippen molar-refractivity contribution in [3.05, 3.63) is 27.2 Å². The zero-order valence-corrected chi connectivity index (χ0v) is 11.9. The fraction of sp³-hybridized carbons (Fsp3) is 0.500. The molecule has 1 aliphatic rings. The molecular formula is C12H14Cl3NO2. The third kappa shape index (κ3) is 3.43. The zero-order chi connectivity index (χ0) is 13.1. The van der Waals surface area contributed by atoms with Gasteiger partial charge in [0, 0.05) is 12.6 Å². The molecule has 1 aliphatic heterocycles. The van der Waals surface area contributed by atoms with Crippen LogP contribution in [-0.4, -0.2) is 25.4 Å². The van der Waals surface area contributed by atoms with Crippen molar-refractivity contribution in [2.24, 2.45) is 5.73 Å². The number of benzene rings is 1. The van der Waals surface area contributed by atoms with Crippen LogP contribution in [0.25, 0.3) is 0 Å². The van der Waals surface area contributed by atoms with Crippen molar-refractivity contribution in [1.82, 2.24) is 0 Å². The van der Waals surface area contributed by atoms with Crippen molar-refractivity contribution in [3.8, 4) is 5.75 Å². The number of hydrogen-bond donors (Lipinski definition) is 1. The molecule has 0 bridgehead atoms. The molecule has 0 saturated carbocycles. The van der Waals surface area contributed by atoms with Gasteiger partial charge in [0.15, 0.2) is 0 Å². The maximum absolute atomic E-state index is 6.01. The van der Waals surface area contributed by atoms with Crippen LogP contribution < -0.4 is 10.5 Å². The van der Waals surface area contributed by atoms with Gasteiger partial charge < -0.3 is 15.2 Å². The quantitative estimate of drug-likeness (QED) is 0.865. The smallest absolute Gasteiger partial charge is 0.139 e. The first kappa shape index (κ1) is 14.2. The highest BCUT2D eigenvalue weighted by Gasteiger charge is 2.24. The second-order valence-corrected chi connectivity index (χ2v) is 5.42. The maximum Gasteiger partial charge on any atom is 0.139 e. The third-order valence-electron chi connectivity index (χ3n) is 2.86. The minimum Gasteiger partial charge on any atom is -0.489 e. The van der Waals surface area contributed by atoms with Crippen LogP contribution in [0.4, 0.5) is 0 Å². The number of hydrogen-bond acceptors (Lipinski definition) is 3. The summed E-state index contributed by atoms with van der Waals surface area (Å²) in [5.41, 5.74) is 5.54. The molecule has 1 aromatic rings. The van der Waals surface area contributed by atoms with E-state index < -0.39 is 0 Å². The van der Waals surface area contributed by atoms with Crippen molar-refractivity contribution < 1.29 is 9.47 Å². The van der Waals surface area contributed by atoms with Gasteiger partial charge in [0.05, 0.1) is 27.3 Å². The largest absolute Gasteiger partial charge is 0.489 e. The van der Waals surface area contributed by atoms with Gasteiger partial charge >= 0.3 is 0 Å². The lowest BCUT2D eigenvalue weighted by atomic mass is 10.2. The highest BCUT2D eigenvalue weighted by atomic mass is 35.5. The monoisotopic (exact) mass is 309 g/mol. The van der Waals surface area contributed by atoms with E-state index in [0.29, 0.717) is 34.0 Å². The number of ether oxygens (including phenoxy) is 2. The first-order chi connectivity index (χ1) is 8.60. The average Bonchev–Trinajstić information content (AvgIpc) is 2.80. The van der Waals surface area contributed by atoms with Crippen LogP contribution in [0.3, 0.4) is 0 Å². The van der Waals surface area contributed by atoms with Crippen molar-refractivity contribution >= 4 is 34.8 Å². The van der Waals surface area contributed by atoms with Crippen molar-refractivity contribution in [1.29, 1.82) is 0 Å². The molecule has 1 saturated heterocycles. The Bertz CT molecular complexity index is 428. The van der Waals surface area contributed by atoms with Gasteiger partial charge in [-0.05, 0) is 18.9 Å². The molecule has 0 radical (unpaired) electrons. The Morgan fingerprint density at radius 3 is 2.44 bits per heavy atom. The highest BCUT2D eigenvalue weighted by Crippen LogP contribution is 2.34. The standard InChI is InChI=1S/C12H14Cl3NO2/c13-9-3-11(15)12(4-10(9)14)17-6-8-2-1-7(5-16)18-8/h3-4,7-8H,1-2,5-6,16H2. The second-order valence-electron chi connectivity index (χ2n) is 4.20. The van der Waals surface area contributed by atoms with Gasteiger partial charge in [-0.15, -0.1) is 0 Å². The molecule has 0 aromatic heterocycles. The normalized spacial score (nSPS) is 23.3. The van der Waals surface area contributed by atoms with Gasteiger partial charge in [0.1, 0.15) is 12.4 Å². The van der Waals surface area contributed by atoms with E-state index in [4.69, 9.17) is 50.0 Å². The van der Waals surface area contributed by atoms with Gasteiger partial charge in [-0.3, -0.25) is 0 Å². The molecule has 6 heteroatoms. The predicted octanol–water partition coefficient (Wildman–Crippen LogP) is 3.53. The molecule has 100 valence electrons. The Morgan fingerprint density at radius 2 is 1.78 bits per heavy atom. The van der Waals surface area contributed by atoms with Crippen LogP contribution >= 0.6 is 34.8 Å². The fourth-order valence-corrected chi connectivity index (χ4v) is 2.47. The van der Waals surface area contributed by atoms with Crippen LogP contribution in [0, 0.1) is 0 Å². The summed E-state index contributed by atoms with van der Waals surface area (Å²) in [6, 6.07) is 3.18. The SMILES string of the molecule is NCC1CCC(COc2cc(Cl)c(Cl)cc2Cl)O1. The molecule has 3 nitrogen and oxygen atoms in total. The van der Waals surface area contributed by atoms with Gasteiger partial charge in [-0.1, -0.05) is 34.8 Å². The van der Waals surface area contributed by atoms with E-state index in [2.05, 4.69) is 0 Å². The molecule has 0 amide bonds. The molecule has 2 rings (SSSR count). The Labute approximate surface area is 121 Å². The zero-order valence-electron chi connectivity index (χ0n) is 9.67. The number of rotatable bonds is 4. The Balaban J connectivity index is 1.93. The van der Waals surface area contributed by atoms with Crippen LogP contribution in [0.2, 0.25) is 15.1 Å². The molecule has 0 aliphatic carbocycles. The van der Waals surface area contributed by atoms with Crippen LogP contribution in [0.5, 0.6) is 5.75 Å². The first-order valence-electron chi connectivity index (χ1n) is 5.73. The topological polar surface area (TPSA) is 44.5 Å². The Hall–Kier alpha value is -0.190. The van der Waals surface area contributed by atoms with Gasteiger partial charge in [0.25, 0.3) is 0 Å². The highest BCUT2D eigenvalue weighted by molar-refractivity contribution is 6.43. The second kappa shape index (κ2) is 6.31. The van der Waals surface area contributed by atoms with E-state index in [1.165, 1.54) is 0 Å². The first-order valence-corrected chi connectivity index (χ1v) is 6.86.